The Balaban J connectivity index is 1.38. The lowest BCUT2D eigenvalue weighted by Crippen LogP contribution is -2.36. The normalized spacial score (nSPS) is 13.2. The molecular weight excluding hydrogens is 348 g/mol. The summed E-state index contributed by atoms with van der Waals surface area (Å²) >= 11 is 0. The van der Waals surface area contributed by atoms with Crippen molar-refractivity contribution in [3.8, 4) is 28.7 Å². The highest BCUT2D eigenvalue weighted by molar-refractivity contribution is 5.81. The van der Waals surface area contributed by atoms with Crippen molar-refractivity contribution in [3.05, 3.63) is 60.5 Å². The molecule has 0 saturated carbocycles. The van der Waals surface area contributed by atoms with Crippen molar-refractivity contribution in [3.63, 3.8) is 0 Å². The highest BCUT2D eigenvalue weighted by atomic mass is 16.7. The Bertz CT molecular complexity index is 939. The number of furan rings is 1. The Morgan fingerprint density at radius 2 is 2.11 bits per heavy atom. The van der Waals surface area contributed by atoms with Crippen molar-refractivity contribution in [2.45, 2.75) is 19.6 Å². The van der Waals surface area contributed by atoms with E-state index in [1.54, 1.807) is 43.6 Å². The molecule has 1 unspecified atom stereocenters. The molecule has 0 saturated heterocycles. The van der Waals surface area contributed by atoms with Gasteiger partial charge >= 0.3 is 0 Å². The number of nitrogens with one attached hydrogen (secondary N) is 1. The number of carbonyl (C=O) groups excluding carboxylic acids is 1. The first-order valence-corrected chi connectivity index (χ1v) is 8.52. The number of ether oxygens (including phenoxy) is 3. The number of amides is 1. The molecule has 1 amide bonds. The Morgan fingerprint density at radius 1 is 1.22 bits per heavy atom. The summed E-state index contributed by atoms with van der Waals surface area (Å²) in [6.07, 6.45) is 2.61. The van der Waals surface area contributed by atoms with Gasteiger partial charge < -0.3 is 23.9 Å². The van der Waals surface area contributed by atoms with Gasteiger partial charge in [-0.05, 0) is 37.3 Å². The molecule has 0 fully saturated rings. The Labute approximate surface area is 155 Å². The van der Waals surface area contributed by atoms with Gasteiger partial charge in [0.25, 0.3) is 5.91 Å². The highest BCUT2D eigenvalue weighted by Crippen LogP contribution is 2.35. The van der Waals surface area contributed by atoms with Crippen LogP contribution in [0, 0.1) is 0 Å². The quantitative estimate of drug-likeness (QED) is 0.722. The van der Waals surface area contributed by atoms with Crippen LogP contribution in [-0.4, -0.2) is 23.8 Å². The van der Waals surface area contributed by atoms with Crippen LogP contribution in [0.1, 0.15) is 12.5 Å². The van der Waals surface area contributed by atoms with Crippen LogP contribution in [0.5, 0.6) is 17.2 Å². The minimum atomic E-state index is -0.672. The molecule has 138 valence electrons. The van der Waals surface area contributed by atoms with Crippen LogP contribution < -0.4 is 19.5 Å². The van der Waals surface area contributed by atoms with Gasteiger partial charge in [0.1, 0.15) is 11.4 Å². The van der Waals surface area contributed by atoms with Crippen LogP contribution in [0.3, 0.4) is 0 Å². The van der Waals surface area contributed by atoms with Crippen LogP contribution in [0.2, 0.25) is 0 Å². The van der Waals surface area contributed by atoms with Crippen LogP contribution in [0.25, 0.3) is 11.5 Å². The largest absolute Gasteiger partial charge is 0.481 e. The third-order valence-electron chi connectivity index (χ3n) is 4.13. The van der Waals surface area contributed by atoms with Crippen molar-refractivity contribution in [2.75, 3.05) is 6.79 Å². The molecule has 4 rings (SSSR count). The maximum absolute atomic E-state index is 12.4. The van der Waals surface area contributed by atoms with Gasteiger partial charge in [-0.2, -0.15) is 0 Å². The van der Waals surface area contributed by atoms with E-state index in [4.69, 9.17) is 18.6 Å². The summed E-state index contributed by atoms with van der Waals surface area (Å²) in [6.45, 7) is 2.20. The Kier molecular flexibility index (Phi) is 4.65. The van der Waals surface area contributed by atoms with Crippen LogP contribution in [0.4, 0.5) is 0 Å². The van der Waals surface area contributed by atoms with E-state index < -0.39 is 6.10 Å². The lowest BCUT2D eigenvalue weighted by Gasteiger charge is -2.15. The third-order valence-corrected chi connectivity index (χ3v) is 4.13. The minimum absolute atomic E-state index is 0.192. The average molecular weight is 366 g/mol. The van der Waals surface area contributed by atoms with E-state index in [-0.39, 0.29) is 12.7 Å². The number of rotatable bonds is 6. The average Bonchev–Trinajstić information content (AvgIpc) is 3.37. The molecule has 27 heavy (non-hydrogen) atoms. The second-order valence-corrected chi connectivity index (χ2v) is 5.98. The van der Waals surface area contributed by atoms with Crippen molar-refractivity contribution >= 4 is 5.91 Å². The maximum atomic E-state index is 12.4. The Morgan fingerprint density at radius 3 is 2.96 bits per heavy atom. The number of hydrogen-bond acceptors (Lipinski definition) is 6. The number of benzene rings is 1. The van der Waals surface area contributed by atoms with Gasteiger partial charge in [-0.1, -0.05) is 6.07 Å². The lowest BCUT2D eigenvalue weighted by atomic mass is 10.1. The van der Waals surface area contributed by atoms with E-state index in [9.17, 15) is 4.79 Å². The summed E-state index contributed by atoms with van der Waals surface area (Å²) in [5, 5.41) is 2.87. The van der Waals surface area contributed by atoms with Crippen LogP contribution in [0.15, 0.2) is 59.3 Å². The van der Waals surface area contributed by atoms with E-state index in [1.807, 2.05) is 18.2 Å². The number of fused-ring (bicyclic) bond motifs is 1. The smallest absolute Gasteiger partial charge is 0.261 e. The van der Waals surface area contributed by atoms with Gasteiger partial charge in [-0.15, -0.1) is 0 Å². The fourth-order valence-electron chi connectivity index (χ4n) is 2.75. The molecule has 1 N–H and O–H groups in total. The summed E-state index contributed by atoms with van der Waals surface area (Å²) in [7, 11) is 0. The second-order valence-electron chi connectivity index (χ2n) is 5.98. The van der Waals surface area contributed by atoms with E-state index in [0.29, 0.717) is 35.2 Å². The maximum Gasteiger partial charge on any atom is 0.261 e. The minimum Gasteiger partial charge on any atom is -0.481 e. The van der Waals surface area contributed by atoms with Gasteiger partial charge in [0, 0.05) is 24.4 Å². The molecule has 3 heterocycles. The molecule has 1 atom stereocenters. The van der Waals surface area contributed by atoms with E-state index in [1.165, 1.54) is 0 Å². The molecule has 3 aromatic rings. The SMILES string of the molecule is CC(Oc1ccc2c(c1)OCO2)C(=O)NCc1cccnc1-c1ccco1. The molecule has 1 aliphatic rings. The molecule has 1 aromatic carbocycles. The predicted octanol–water partition coefficient (Wildman–Crippen LogP) is 3.15. The van der Waals surface area contributed by atoms with Crippen molar-refractivity contribution in [1.29, 1.82) is 0 Å². The molecule has 1 aliphatic heterocycles. The van der Waals surface area contributed by atoms with E-state index in [0.717, 1.165) is 5.56 Å². The third kappa shape index (κ3) is 3.72. The number of nitrogens with zero attached hydrogens (tertiary/aromatic N) is 1. The van der Waals surface area contributed by atoms with Crippen LogP contribution in [-0.2, 0) is 11.3 Å². The number of aromatic nitrogens is 1. The van der Waals surface area contributed by atoms with Crippen molar-refractivity contribution < 1.29 is 23.4 Å². The van der Waals surface area contributed by atoms with E-state index in [2.05, 4.69) is 10.3 Å². The molecule has 0 spiro atoms. The van der Waals surface area contributed by atoms with Gasteiger partial charge in [0.2, 0.25) is 6.79 Å². The first-order chi connectivity index (χ1) is 13.2. The van der Waals surface area contributed by atoms with Crippen molar-refractivity contribution in [1.82, 2.24) is 10.3 Å². The van der Waals surface area contributed by atoms with Gasteiger partial charge in [0.05, 0.1) is 6.26 Å². The second kappa shape index (κ2) is 7.41. The van der Waals surface area contributed by atoms with Gasteiger partial charge in [-0.3, -0.25) is 9.78 Å². The fourth-order valence-corrected chi connectivity index (χ4v) is 2.75. The monoisotopic (exact) mass is 366 g/mol. The zero-order valence-electron chi connectivity index (χ0n) is 14.7. The van der Waals surface area contributed by atoms with E-state index >= 15 is 0 Å². The van der Waals surface area contributed by atoms with Crippen LogP contribution >= 0.6 is 0 Å². The molecule has 0 bridgehead atoms. The molecule has 0 radical (unpaired) electrons. The lowest BCUT2D eigenvalue weighted by molar-refractivity contribution is -0.127. The zero-order chi connectivity index (χ0) is 18.6. The first kappa shape index (κ1) is 17.0. The molecular formula is C20H18N2O5. The summed E-state index contributed by atoms with van der Waals surface area (Å²) in [6, 6.07) is 12.6. The summed E-state index contributed by atoms with van der Waals surface area (Å²) in [4.78, 5) is 16.8. The number of carbonyl (C=O) groups is 1. The topological polar surface area (TPSA) is 82.8 Å². The standard InChI is InChI=1S/C20H18N2O5/c1-13(27-15-6-7-16-18(10-15)26-12-25-16)20(23)22-11-14-4-2-8-21-19(14)17-5-3-9-24-17/h2-10,13H,11-12H2,1H3,(H,22,23). The van der Waals surface area contributed by atoms with Gasteiger partial charge in [-0.25, -0.2) is 0 Å². The summed E-state index contributed by atoms with van der Waals surface area (Å²) in [5.41, 5.74) is 1.56. The molecule has 7 heteroatoms. The highest BCUT2D eigenvalue weighted by Gasteiger charge is 2.19. The van der Waals surface area contributed by atoms with Gasteiger partial charge in [0.15, 0.2) is 23.4 Å². The number of pyridine rings is 1. The summed E-state index contributed by atoms with van der Waals surface area (Å²) < 4.78 is 21.7. The summed E-state index contributed by atoms with van der Waals surface area (Å²) in [5.74, 6) is 2.24. The van der Waals surface area contributed by atoms with Crippen molar-refractivity contribution in [2.24, 2.45) is 0 Å². The fraction of sp³-hybridized carbons (Fsp3) is 0.200. The Hall–Kier alpha value is -3.48. The molecule has 0 aliphatic carbocycles. The number of hydrogen-bond donors (Lipinski definition) is 1. The molecule has 2 aromatic heterocycles. The predicted molar refractivity (Wildman–Crippen MR) is 96.4 cm³/mol. The molecule has 7 nitrogen and oxygen atoms in total. The first-order valence-electron chi connectivity index (χ1n) is 8.52. The zero-order valence-corrected chi connectivity index (χ0v) is 14.7.